The number of hydrogen-bond donors (Lipinski definition) is 2. The number of imidazole rings is 1. The van der Waals surface area contributed by atoms with Crippen molar-refractivity contribution in [2.45, 2.75) is 12.5 Å². The van der Waals surface area contributed by atoms with Gasteiger partial charge >= 0.3 is 0 Å². The van der Waals surface area contributed by atoms with E-state index in [1.54, 1.807) is 12.4 Å². The van der Waals surface area contributed by atoms with Gasteiger partial charge in [0, 0.05) is 19.9 Å². The van der Waals surface area contributed by atoms with E-state index in [0.717, 1.165) is 16.9 Å². The predicted octanol–water partition coefficient (Wildman–Crippen LogP) is 0.350. The number of pyridine rings is 1. The van der Waals surface area contributed by atoms with E-state index < -0.39 is 0 Å². The van der Waals surface area contributed by atoms with Crippen LogP contribution in [-0.2, 0) is 7.05 Å². The first-order valence-corrected chi connectivity index (χ1v) is 4.87. The van der Waals surface area contributed by atoms with Gasteiger partial charge < -0.3 is 15.4 Å². The standard InChI is InChI=1S/C10H14N4O/c1-14-9-6-12-4-2-8(9)13-10(14)7(11)3-5-15/h2,4,6-7,15H,3,5,11H2,1H3. The fraction of sp³-hybridized carbons (Fsp3) is 0.400. The summed E-state index contributed by atoms with van der Waals surface area (Å²) in [6.07, 6.45) is 3.98. The molecule has 0 saturated heterocycles. The van der Waals surface area contributed by atoms with E-state index in [0.29, 0.717) is 6.42 Å². The maximum atomic E-state index is 8.83. The molecule has 0 spiro atoms. The number of nitrogens with zero attached hydrogens (tertiary/aromatic N) is 3. The van der Waals surface area contributed by atoms with Gasteiger partial charge in [-0.15, -0.1) is 0 Å². The lowest BCUT2D eigenvalue weighted by Gasteiger charge is -2.09. The zero-order valence-electron chi connectivity index (χ0n) is 8.59. The van der Waals surface area contributed by atoms with Crippen LogP contribution in [0, 0.1) is 0 Å². The van der Waals surface area contributed by atoms with Crippen LogP contribution in [0.3, 0.4) is 0 Å². The third-order valence-corrected chi connectivity index (χ3v) is 2.49. The first-order valence-electron chi connectivity index (χ1n) is 4.87. The van der Waals surface area contributed by atoms with Crippen LogP contribution in [0.4, 0.5) is 0 Å². The third kappa shape index (κ3) is 1.71. The molecule has 2 heterocycles. The van der Waals surface area contributed by atoms with Gasteiger partial charge in [0.15, 0.2) is 0 Å². The summed E-state index contributed by atoms with van der Waals surface area (Å²) in [6.45, 7) is 0.0720. The van der Waals surface area contributed by atoms with Crippen molar-refractivity contribution >= 4 is 11.0 Å². The van der Waals surface area contributed by atoms with Gasteiger partial charge in [-0.3, -0.25) is 4.98 Å². The highest BCUT2D eigenvalue weighted by molar-refractivity contribution is 5.74. The maximum absolute atomic E-state index is 8.83. The molecule has 1 atom stereocenters. The molecule has 0 fully saturated rings. The molecule has 2 aromatic heterocycles. The molecule has 80 valence electrons. The van der Waals surface area contributed by atoms with E-state index in [4.69, 9.17) is 10.8 Å². The molecule has 0 bridgehead atoms. The van der Waals surface area contributed by atoms with E-state index >= 15 is 0 Å². The Morgan fingerprint density at radius 2 is 2.40 bits per heavy atom. The van der Waals surface area contributed by atoms with Crippen LogP contribution in [0.2, 0.25) is 0 Å². The first kappa shape index (κ1) is 10.1. The lowest BCUT2D eigenvalue weighted by molar-refractivity contribution is 0.274. The Balaban J connectivity index is 2.48. The van der Waals surface area contributed by atoms with Gasteiger partial charge in [0.2, 0.25) is 0 Å². The lowest BCUT2D eigenvalue weighted by atomic mass is 10.2. The number of aliphatic hydroxyl groups is 1. The number of fused-ring (bicyclic) bond motifs is 1. The molecule has 1 unspecified atom stereocenters. The molecule has 5 nitrogen and oxygen atoms in total. The van der Waals surface area contributed by atoms with Gasteiger partial charge in [0.1, 0.15) is 5.82 Å². The Labute approximate surface area is 87.6 Å². The first-order chi connectivity index (χ1) is 7.24. The van der Waals surface area contributed by atoms with E-state index in [2.05, 4.69) is 9.97 Å². The Kier molecular flexibility index (Phi) is 2.66. The normalized spacial score (nSPS) is 13.3. The summed E-state index contributed by atoms with van der Waals surface area (Å²) < 4.78 is 1.92. The van der Waals surface area contributed by atoms with Crippen LogP contribution >= 0.6 is 0 Å². The van der Waals surface area contributed by atoms with E-state index in [1.165, 1.54) is 0 Å². The number of aromatic nitrogens is 3. The Morgan fingerprint density at radius 3 is 3.07 bits per heavy atom. The van der Waals surface area contributed by atoms with Crippen molar-refractivity contribution in [2.75, 3.05) is 6.61 Å². The van der Waals surface area contributed by atoms with Gasteiger partial charge in [-0.25, -0.2) is 4.98 Å². The maximum Gasteiger partial charge on any atom is 0.126 e. The van der Waals surface area contributed by atoms with Gasteiger partial charge in [-0.1, -0.05) is 0 Å². The minimum absolute atomic E-state index is 0.0720. The smallest absolute Gasteiger partial charge is 0.126 e. The zero-order valence-corrected chi connectivity index (χ0v) is 8.59. The molecule has 3 N–H and O–H groups in total. The van der Waals surface area contributed by atoms with Gasteiger partial charge in [0.25, 0.3) is 0 Å². The fourth-order valence-electron chi connectivity index (χ4n) is 1.65. The molecule has 0 saturated carbocycles. The molecule has 0 radical (unpaired) electrons. The summed E-state index contributed by atoms with van der Waals surface area (Å²) in [4.78, 5) is 8.46. The number of rotatable bonds is 3. The number of aryl methyl sites for hydroxylation is 1. The fourth-order valence-corrected chi connectivity index (χ4v) is 1.65. The summed E-state index contributed by atoms with van der Waals surface area (Å²) in [5.74, 6) is 0.784. The van der Waals surface area contributed by atoms with Crippen LogP contribution < -0.4 is 5.73 Å². The Bertz CT molecular complexity index is 465. The number of aliphatic hydroxyl groups excluding tert-OH is 1. The minimum atomic E-state index is -0.229. The van der Waals surface area contributed by atoms with Crippen molar-refractivity contribution in [3.63, 3.8) is 0 Å². The van der Waals surface area contributed by atoms with Crippen LogP contribution in [0.25, 0.3) is 11.0 Å². The van der Waals surface area contributed by atoms with E-state index in [9.17, 15) is 0 Å². The summed E-state index contributed by atoms with van der Waals surface area (Å²) in [5, 5.41) is 8.83. The minimum Gasteiger partial charge on any atom is -0.396 e. The van der Waals surface area contributed by atoms with Gasteiger partial charge in [-0.05, 0) is 12.5 Å². The summed E-state index contributed by atoms with van der Waals surface area (Å²) >= 11 is 0. The summed E-state index contributed by atoms with van der Waals surface area (Å²) in [7, 11) is 1.91. The van der Waals surface area contributed by atoms with Crippen LogP contribution in [-0.4, -0.2) is 26.2 Å². The van der Waals surface area contributed by atoms with Crippen molar-refractivity contribution in [1.29, 1.82) is 0 Å². The van der Waals surface area contributed by atoms with E-state index in [1.807, 2.05) is 17.7 Å². The molecule has 0 aromatic carbocycles. The van der Waals surface area contributed by atoms with Crippen molar-refractivity contribution in [3.05, 3.63) is 24.3 Å². The van der Waals surface area contributed by atoms with Crippen LogP contribution in [0.15, 0.2) is 18.5 Å². The second-order valence-corrected chi connectivity index (χ2v) is 3.51. The molecule has 0 amide bonds. The third-order valence-electron chi connectivity index (χ3n) is 2.49. The monoisotopic (exact) mass is 206 g/mol. The lowest BCUT2D eigenvalue weighted by Crippen LogP contribution is -2.16. The van der Waals surface area contributed by atoms with Crippen molar-refractivity contribution in [1.82, 2.24) is 14.5 Å². The van der Waals surface area contributed by atoms with Crippen molar-refractivity contribution in [2.24, 2.45) is 12.8 Å². The van der Waals surface area contributed by atoms with Crippen LogP contribution in [0.1, 0.15) is 18.3 Å². The van der Waals surface area contributed by atoms with E-state index in [-0.39, 0.29) is 12.6 Å². The molecule has 2 aromatic rings. The number of nitrogens with two attached hydrogens (primary N) is 1. The summed E-state index contributed by atoms with van der Waals surface area (Å²) in [5.41, 5.74) is 7.75. The summed E-state index contributed by atoms with van der Waals surface area (Å²) in [6, 6.07) is 1.62. The highest BCUT2D eigenvalue weighted by atomic mass is 16.3. The molecule has 0 aliphatic heterocycles. The SMILES string of the molecule is Cn1c(C(N)CCO)nc2ccncc21. The molecule has 0 aliphatic carbocycles. The van der Waals surface area contributed by atoms with Crippen molar-refractivity contribution < 1.29 is 5.11 Å². The Morgan fingerprint density at radius 1 is 1.60 bits per heavy atom. The molecular weight excluding hydrogens is 192 g/mol. The van der Waals surface area contributed by atoms with Gasteiger partial charge in [-0.2, -0.15) is 0 Å². The highest BCUT2D eigenvalue weighted by Gasteiger charge is 2.13. The molecular formula is C10H14N4O. The molecule has 0 aliphatic rings. The van der Waals surface area contributed by atoms with Gasteiger partial charge in [0.05, 0.1) is 23.3 Å². The highest BCUT2D eigenvalue weighted by Crippen LogP contribution is 2.18. The average Bonchev–Trinajstić information content (AvgIpc) is 2.57. The number of hydrogen-bond acceptors (Lipinski definition) is 4. The zero-order chi connectivity index (χ0) is 10.8. The molecule has 2 rings (SSSR count). The molecule has 15 heavy (non-hydrogen) atoms. The largest absolute Gasteiger partial charge is 0.396 e. The Hall–Kier alpha value is -1.46. The topological polar surface area (TPSA) is 77.0 Å². The molecule has 5 heteroatoms. The second kappa shape index (κ2) is 3.96. The quantitative estimate of drug-likeness (QED) is 0.759. The second-order valence-electron chi connectivity index (χ2n) is 3.51. The van der Waals surface area contributed by atoms with Crippen molar-refractivity contribution in [3.8, 4) is 0 Å². The average molecular weight is 206 g/mol. The van der Waals surface area contributed by atoms with Crippen LogP contribution in [0.5, 0.6) is 0 Å². The predicted molar refractivity (Wildman–Crippen MR) is 57.1 cm³/mol.